The van der Waals surface area contributed by atoms with Gasteiger partial charge in [0, 0.05) is 5.56 Å². The summed E-state index contributed by atoms with van der Waals surface area (Å²) in [5.41, 5.74) is 6.64. The van der Waals surface area contributed by atoms with Crippen molar-refractivity contribution in [3.05, 3.63) is 53.1 Å². The number of carbonyl (C=O) groups is 1. The van der Waals surface area contributed by atoms with Crippen LogP contribution < -0.4 is 15.6 Å². The SMILES string of the molecule is COc1ccc(Cl)c2sc(NNC(=O)c3ccccc3)nc12. The van der Waals surface area contributed by atoms with E-state index in [0.29, 0.717) is 27.0 Å². The van der Waals surface area contributed by atoms with Crippen molar-refractivity contribution in [3.63, 3.8) is 0 Å². The van der Waals surface area contributed by atoms with Gasteiger partial charge in [0.1, 0.15) is 11.3 Å². The Morgan fingerprint density at radius 1 is 1.23 bits per heavy atom. The molecule has 22 heavy (non-hydrogen) atoms. The Labute approximate surface area is 135 Å². The lowest BCUT2D eigenvalue weighted by Crippen LogP contribution is -2.29. The highest BCUT2D eigenvalue weighted by atomic mass is 35.5. The van der Waals surface area contributed by atoms with E-state index < -0.39 is 0 Å². The third-order valence-electron chi connectivity index (χ3n) is 3.00. The van der Waals surface area contributed by atoms with Gasteiger partial charge < -0.3 is 4.74 Å². The molecule has 112 valence electrons. The molecule has 0 unspecified atom stereocenters. The van der Waals surface area contributed by atoms with Crippen molar-refractivity contribution in [2.75, 3.05) is 12.5 Å². The molecule has 1 aromatic heterocycles. The number of methoxy groups -OCH3 is 1. The van der Waals surface area contributed by atoms with Gasteiger partial charge >= 0.3 is 0 Å². The van der Waals surface area contributed by atoms with E-state index in [0.717, 1.165) is 4.70 Å². The maximum Gasteiger partial charge on any atom is 0.269 e. The first-order valence-electron chi connectivity index (χ1n) is 6.43. The molecule has 0 bridgehead atoms. The summed E-state index contributed by atoms with van der Waals surface area (Å²) in [7, 11) is 1.58. The molecule has 0 fully saturated rings. The van der Waals surface area contributed by atoms with Crippen molar-refractivity contribution in [1.82, 2.24) is 10.4 Å². The maximum absolute atomic E-state index is 12.0. The molecule has 7 heteroatoms. The smallest absolute Gasteiger partial charge is 0.269 e. The summed E-state index contributed by atoms with van der Waals surface area (Å²) in [4.78, 5) is 16.4. The van der Waals surface area contributed by atoms with Crippen molar-refractivity contribution < 1.29 is 9.53 Å². The van der Waals surface area contributed by atoms with Gasteiger partial charge in [-0.3, -0.25) is 15.6 Å². The Kier molecular flexibility index (Phi) is 4.13. The van der Waals surface area contributed by atoms with Crippen LogP contribution in [-0.2, 0) is 0 Å². The average molecular weight is 334 g/mol. The summed E-state index contributed by atoms with van der Waals surface area (Å²) in [6.07, 6.45) is 0. The standard InChI is InChI=1S/C15H12ClN3O2S/c1-21-11-8-7-10(16)13-12(11)17-15(22-13)19-18-14(20)9-5-3-2-4-6-9/h2-8H,1H3,(H,17,19)(H,18,20). The predicted molar refractivity (Wildman–Crippen MR) is 88.7 cm³/mol. The van der Waals surface area contributed by atoms with Crippen molar-refractivity contribution in [2.24, 2.45) is 0 Å². The molecule has 1 amide bonds. The Morgan fingerprint density at radius 3 is 2.73 bits per heavy atom. The second kappa shape index (κ2) is 6.21. The summed E-state index contributed by atoms with van der Waals surface area (Å²) in [5.74, 6) is 0.399. The summed E-state index contributed by atoms with van der Waals surface area (Å²) in [6, 6.07) is 12.4. The number of rotatable bonds is 4. The second-order valence-electron chi connectivity index (χ2n) is 4.39. The minimum absolute atomic E-state index is 0.238. The van der Waals surface area contributed by atoms with Crippen LogP contribution in [0, 0.1) is 0 Å². The Morgan fingerprint density at radius 2 is 2.00 bits per heavy atom. The molecule has 0 saturated carbocycles. The minimum Gasteiger partial charge on any atom is -0.494 e. The summed E-state index contributed by atoms with van der Waals surface area (Å²) in [6.45, 7) is 0. The fourth-order valence-electron chi connectivity index (χ4n) is 1.94. The Bertz CT molecular complexity index is 820. The van der Waals surface area contributed by atoms with Crippen LogP contribution in [0.15, 0.2) is 42.5 Å². The van der Waals surface area contributed by atoms with E-state index in [-0.39, 0.29) is 5.91 Å². The number of fused-ring (bicyclic) bond motifs is 1. The van der Waals surface area contributed by atoms with Crippen LogP contribution in [-0.4, -0.2) is 18.0 Å². The van der Waals surface area contributed by atoms with Crippen LogP contribution in [0.5, 0.6) is 5.75 Å². The molecule has 0 aliphatic rings. The summed E-state index contributed by atoms with van der Waals surface area (Å²) < 4.78 is 6.06. The third-order valence-corrected chi connectivity index (χ3v) is 4.43. The minimum atomic E-state index is -0.238. The van der Waals surface area contributed by atoms with E-state index in [4.69, 9.17) is 16.3 Å². The number of amides is 1. The molecule has 2 N–H and O–H groups in total. The van der Waals surface area contributed by atoms with Gasteiger partial charge in [0.2, 0.25) is 5.13 Å². The van der Waals surface area contributed by atoms with E-state index in [2.05, 4.69) is 15.8 Å². The number of ether oxygens (including phenoxy) is 1. The van der Waals surface area contributed by atoms with E-state index in [9.17, 15) is 4.79 Å². The van der Waals surface area contributed by atoms with E-state index in [1.807, 2.05) is 6.07 Å². The largest absolute Gasteiger partial charge is 0.494 e. The number of nitrogens with one attached hydrogen (secondary N) is 2. The van der Waals surface area contributed by atoms with Gasteiger partial charge in [-0.2, -0.15) is 0 Å². The van der Waals surface area contributed by atoms with E-state index >= 15 is 0 Å². The number of benzene rings is 2. The highest BCUT2D eigenvalue weighted by Crippen LogP contribution is 2.36. The number of carbonyl (C=O) groups excluding carboxylic acids is 1. The fraction of sp³-hybridized carbons (Fsp3) is 0.0667. The average Bonchev–Trinajstić information content (AvgIpc) is 2.99. The van der Waals surface area contributed by atoms with Crippen LogP contribution in [0.4, 0.5) is 5.13 Å². The molecule has 3 rings (SSSR count). The maximum atomic E-state index is 12.0. The van der Waals surface area contributed by atoms with Crippen LogP contribution in [0.1, 0.15) is 10.4 Å². The number of thiazole rings is 1. The number of hydrogen-bond acceptors (Lipinski definition) is 5. The highest BCUT2D eigenvalue weighted by Gasteiger charge is 2.12. The van der Waals surface area contributed by atoms with Gasteiger partial charge in [0.05, 0.1) is 16.8 Å². The first kappa shape index (κ1) is 14.6. The van der Waals surface area contributed by atoms with Gasteiger partial charge in [-0.15, -0.1) is 0 Å². The molecular weight excluding hydrogens is 322 g/mol. The van der Waals surface area contributed by atoms with Crippen LogP contribution >= 0.6 is 22.9 Å². The van der Waals surface area contributed by atoms with Gasteiger partial charge in [0.15, 0.2) is 0 Å². The Hall–Kier alpha value is -2.31. The van der Waals surface area contributed by atoms with Crippen LogP contribution in [0.2, 0.25) is 5.02 Å². The molecule has 0 atom stereocenters. The molecule has 2 aromatic carbocycles. The van der Waals surface area contributed by atoms with Crippen molar-refractivity contribution in [2.45, 2.75) is 0 Å². The zero-order valence-electron chi connectivity index (χ0n) is 11.6. The number of anilines is 1. The first-order chi connectivity index (χ1) is 10.7. The Balaban J connectivity index is 1.80. The van der Waals surface area contributed by atoms with Crippen LogP contribution in [0.25, 0.3) is 10.2 Å². The second-order valence-corrected chi connectivity index (χ2v) is 5.80. The number of aromatic nitrogens is 1. The molecule has 0 saturated heterocycles. The summed E-state index contributed by atoms with van der Waals surface area (Å²) >= 11 is 7.50. The fourth-order valence-corrected chi connectivity index (χ4v) is 3.05. The first-order valence-corrected chi connectivity index (χ1v) is 7.63. The van der Waals surface area contributed by atoms with Gasteiger partial charge in [-0.05, 0) is 24.3 Å². The summed E-state index contributed by atoms with van der Waals surface area (Å²) in [5, 5.41) is 1.13. The van der Waals surface area contributed by atoms with Crippen LogP contribution in [0.3, 0.4) is 0 Å². The molecule has 5 nitrogen and oxygen atoms in total. The van der Waals surface area contributed by atoms with Crippen molar-refractivity contribution in [3.8, 4) is 5.75 Å². The molecule has 3 aromatic rings. The van der Waals surface area contributed by atoms with Gasteiger partial charge in [-0.25, -0.2) is 4.98 Å². The third kappa shape index (κ3) is 2.84. The lowest BCUT2D eigenvalue weighted by Gasteiger charge is -2.04. The van der Waals surface area contributed by atoms with E-state index in [1.54, 1.807) is 43.5 Å². The topological polar surface area (TPSA) is 63.2 Å². The quantitative estimate of drug-likeness (QED) is 0.714. The lowest BCUT2D eigenvalue weighted by molar-refractivity contribution is 0.0962. The molecule has 0 aliphatic heterocycles. The number of hydrazine groups is 1. The molecule has 0 spiro atoms. The lowest BCUT2D eigenvalue weighted by atomic mass is 10.2. The van der Waals surface area contributed by atoms with E-state index in [1.165, 1.54) is 11.3 Å². The normalized spacial score (nSPS) is 10.5. The monoisotopic (exact) mass is 333 g/mol. The molecule has 1 heterocycles. The number of nitrogens with zero attached hydrogens (tertiary/aromatic N) is 1. The number of halogens is 1. The van der Waals surface area contributed by atoms with Crippen molar-refractivity contribution >= 4 is 44.2 Å². The molecular formula is C15H12ClN3O2S. The molecule has 0 radical (unpaired) electrons. The van der Waals surface area contributed by atoms with Gasteiger partial charge in [-0.1, -0.05) is 41.1 Å². The van der Waals surface area contributed by atoms with Gasteiger partial charge in [0.25, 0.3) is 5.91 Å². The highest BCUT2D eigenvalue weighted by molar-refractivity contribution is 7.22. The van der Waals surface area contributed by atoms with Crippen molar-refractivity contribution in [1.29, 1.82) is 0 Å². The molecule has 0 aliphatic carbocycles. The number of hydrogen-bond donors (Lipinski definition) is 2. The zero-order chi connectivity index (χ0) is 15.5. The zero-order valence-corrected chi connectivity index (χ0v) is 13.2. The predicted octanol–water partition coefficient (Wildman–Crippen LogP) is 3.72.